The first kappa shape index (κ1) is 15.0. The molecule has 0 saturated carbocycles. The molecule has 0 fully saturated rings. The third kappa shape index (κ3) is 2.86. The molecule has 0 bridgehead atoms. The van der Waals surface area contributed by atoms with E-state index in [4.69, 9.17) is 0 Å². The van der Waals surface area contributed by atoms with Crippen LogP contribution in [-0.4, -0.2) is 35.7 Å². The minimum Gasteiger partial charge on any atom is -0.310 e. The second-order valence-electron chi connectivity index (χ2n) is 5.72. The number of hydrogen-bond acceptors (Lipinski definition) is 4. The lowest BCUT2D eigenvalue weighted by Crippen LogP contribution is -2.41. The Hall–Kier alpha value is -1.40. The molecule has 20 heavy (non-hydrogen) atoms. The van der Waals surface area contributed by atoms with Crippen LogP contribution in [-0.2, 0) is 23.4 Å². The SMILES string of the molecule is Cn1nc(CNCC(C)(C)S(C)(=O)=O)c2ccccc21. The molecular weight excluding hydrogens is 274 g/mol. The van der Waals surface area contributed by atoms with Gasteiger partial charge in [-0.2, -0.15) is 5.10 Å². The van der Waals surface area contributed by atoms with E-state index in [9.17, 15) is 8.42 Å². The standard InChI is InChI=1S/C14H21N3O2S/c1-14(2,20(4,18)19)10-15-9-12-11-7-5-6-8-13(11)17(3)16-12/h5-8,15H,9-10H2,1-4H3. The van der Waals surface area contributed by atoms with Gasteiger partial charge in [0, 0.05) is 31.8 Å². The maximum absolute atomic E-state index is 11.7. The quantitative estimate of drug-likeness (QED) is 0.907. The van der Waals surface area contributed by atoms with Crippen molar-refractivity contribution < 1.29 is 8.42 Å². The largest absolute Gasteiger partial charge is 0.310 e. The smallest absolute Gasteiger partial charge is 0.153 e. The predicted molar refractivity (Wildman–Crippen MR) is 81.3 cm³/mol. The summed E-state index contributed by atoms with van der Waals surface area (Å²) in [6.07, 6.45) is 1.27. The van der Waals surface area contributed by atoms with Crippen molar-refractivity contribution in [2.75, 3.05) is 12.8 Å². The van der Waals surface area contributed by atoms with Crippen molar-refractivity contribution in [3.63, 3.8) is 0 Å². The van der Waals surface area contributed by atoms with Crippen molar-refractivity contribution in [3.05, 3.63) is 30.0 Å². The summed E-state index contributed by atoms with van der Waals surface area (Å²) in [5, 5.41) is 8.77. The minimum atomic E-state index is -3.08. The Morgan fingerprint density at radius 2 is 1.95 bits per heavy atom. The number of nitrogens with zero attached hydrogens (tertiary/aromatic N) is 2. The van der Waals surface area contributed by atoms with Crippen molar-refractivity contribution in [1.29, 1.82) is 0 Å². The molecule has 0 aliphatic rings. The van der Waals surface area contributed by atoms with Gasteiger partial charge in [-0.25, -0.2) is 8.42 Å². The number of aromatic nitrogens is 2. The molecule has 0 unspecified atom stereocenters. The van der Waals surface area contributed by atoms with Crippen molar-refractivity contribution >= 4 is 20.7 Å². The highest BCUT2D eigenvalue weighted by Gasteiger charge is 2.29. The van der Waals surface area contributed by atoms with E-state index in [0.717, 1.165) is 16.6 Å². The highest BCUT2D eigenvalue weighted by Crippen LogP contribution is 2.18. The van der Waals surface area contributed by atoms with E-state index < -0.39 is 14.6 Å². The number of aryl methyl sites for hydroxylation is 1. The summed E-state index contributed by atoms with van der Waals surface area (Å²) in [7, 11) is -1.17. The fourth-order valence-corrected chi connectivity index (χ4v) is 2.40. The monoisotopic (exact) mass is 295 g/mol. The van der Waals surface area contributed by atoms with E-state index >= 15 is 0 Å². The zero-order valence-corrected chi connectivity index (χ0v) is 13.2. The first-order valence-electron chi connectivity index (χ1n) is 6.53. The molecule has 0 atom stereocenters. The van der Waals surface area contributed by atoms with Gasteiger partial charge in [-0.1, -0.05) is 18.2 Å². The van der Waals surface area contributed by atoms with Gasteiger partial charge in [-0.3, -0.25) is 4.68 Å². The summed E-state index contributed by atoms with van der Waals surface area (Å²) < 4.78 is 24.4. The van der Waals surface area contributed by atoms with Gasteiger partial charge in [0.15, 0.2) is 9.84 Å². The van der Waals surface area contributed by atoms with Crippen LogP contribution in [0.2, 0.25) is 0 Å². The number of rotatable bonds is 5. The summed E-state index contributed by atoms with van der Waals surface area (Å²) in [4.78, 5) is 0. The molecular formula is C14H21N3O2S. The Balaban J connectivity index is 2.11. The molecule has 6 heteroatoms. The van der Waals surface area contributed by atoms with E-state index in [2.05, 4.69) is 10.4 Å². The molecule has 2 aromatic rings. The molecule has 0 radical (unpaired) electrons. The maximum atomic E-state index is 11.7. The van der Waals surface area contributed by atoms with E-state index in [1.165, 1.54) is 6.26 Å². The van der Waals surface area contributed by atoms with Crippen LogP contribution in [0.15, 0.2) is 24.3 Å². The Morgan fingerprint density at radius 1 is 1.30 bits per heavy atom. The van der Waals surface area contributed by atoms with Gasteiger partial charge in [-0.15, -0.1) is 0 Å². The lowest BCUT2D eigenvalue weighted by atomic mass is 10.2. The Labute approximate surface area is 119 Å². The highest BCUT2D eigenvalue weighted by atomic mass is 32.2. The summed E-state index contributed by atoms with van der Waals surface area (Å²) in [6.45, 7) is 4.41. The zero-order valence-electron chi connectivity index (χ0n) is 12.3. The fraction of sp³-hybridized carbons (Fsp3) is 0.500. The molecule has 1 aromatic carbocycles. The molecule has 0 aliphatic heterocycles. The van der Waals surface area contributed by atoms with Crippen LogP contribution in [0.5, 0.6) is 0 Å². The average molecular weight is 295 g/mol. The summed E-state index contributed by atoms with van der Waals surface area (Å²) >= 11 is 0. The van der Waals surface area contributed by atoms with E-state index in [-0.39, 0.29) is 0 Å². The average Bonchev–Trinajstić information content (AvgIpc) is 2.66. The third-order valence-electron chi connectivity index (χ3n) is 3.68. The van der Waals surface area contributed by atoms with Gasteiger partial charge in [0.1, 0.15) is 0 Å². The Morgan fingerprint density at radius 3 is 2.60 bits per heavy atom. The van der Waals surface area contributed by atoms with Crippen LogP contribution in [0.1, 0.15) is 19.5 Å². The molecule has 1 aromatic heterocycles. The summed E-state index contributed by atoms with van der Waals surface area (Å²) in [5.74, 6) is 0. The van der Waals surface area contributed by atoms with Crippen molar-refractivity contribution in [2.45, 2.75) is 25.1 Å². The van der Waals surface area contributed by atoms with Gasteiger partial charge in [-0.05, 0) is 19.9 Å². The molecule has 1 heterocycles. The number of fused-ring (bicyclic) bond motifs is 1. The molecule has 0 aliphatic carbocycles. The van der Waals surface area contributed by atoms with Gasteiger partial charge in [0.25, 0.3) is 0 Å². The number of hydrogen-bond donors (Lipinski definition) is 1. The van der Waals surface area contributed by atoms with Crippen LogP contribution in [0.3, 0.4) is 0 Å². The van der Waals surface area contributed by atoms with Crippen LogP contribution >= 0.6 is 0 Å². The summed E-state index contributed by atoms with van der Waals surface area (Å²) in [5.41, 5.74) is 2.01. The molecule has 1 N–H and O–H groups in total. The minimum absolute atomic E-state index is 0.400. The Kier molecular flexibility index (Phi) is 3.88. The number of sulfone groups is 1. The first-order chi connectivity index (χ1) is 9.22. The second kappa shape index (κ2) is 5.18. The van der Waals surface area contributed by atoms with E-state index in [1.54, 1.807) is 13.8 Å². The molecule has 110 valence electrons. The number of nitrogens with one attached hydrogen (secondary N) is 1. The molecule has 0 amide bonds. The van der Waals surface area contributed by atoms with Crippen molar-refractivity contribution in [1.82, 2.24) is 15.1 Å². The van der Waals surface area contributed by atoms with Crippen LogP contribution < -0.4 is 5.32 Å². The molecule has 2 rings (SSSR count). The van der Waals surface area contributed by atoms with Crippen molar-refractivity contribution in [2.24, 2.45) is 7.05 Å². The number of benzene rings is 1. The lowest BCUT2D eigenvalue weighted by Gasteiger charge is -2.22. The topological polar surface area (TPSA) is 64.0 Å². The fourth-order valence-electron chi connectivity index (χ4n) is 2.03. The maximum Gasteiger partial charge on any atom is 0.153 e. The van der Waals surface area contributed by atoms with Gasteiger partial charge in [0.05, 0.1) is 16.0 Å². The first-order valence-corrected chi connectivity index (χ1v) is 8.42. The second-order valence-corrected chi connectivity index (χ2v) is 8.37. The van der Waals surface area contributed by atoms with E-state index in [0.29, 0.717) is 13.1 Å². The van der Waals surface area contributed by atoms with E-state index in [1.807, 2.05) is 36.0 Å². The molecule has 0 saturated heterocycles. The molecule has 5 nitrogen and oxygen atoms in total. The van der Waals surface area contributed by atoms with Crippen LogP contribution in [0.25, 0.3) is 10.9 Å². The zero-order chi connectivity index (χ0) is 15.0. The normalized spacial score (nSPS) is 13.0. The number of para-hydroxylation sites is 1. The summed E-state index contributed by atoms with van der Waals surface area (Å²) in [6, 6.07) is 8.01. The van der Waals surface area contributed by atoms with Gasteiger partial charge < -0.3 is 5.32 Å². The van der Waals surface area contributed by atoms with Crippen LogP contribution in [0, 0.1) is 0 Å². The third-order valence-corrected chi connectivity index (χ3v) is 5.83. The Bertz CT molecular complexity index is 717. The highest BCUT2D eigenvalue weighted by molar-refractivity contribution is 7.92. The van der Waals surface area contributed by atoms with Gasteiger partial charge >= 0.3 is 0 Å². The van der Waals surface area contributed by atoms with Crippen molar-refractivity contribution in [3.8, 4) is 0 Å². The van der Waals surface area contributed by atoms with Gasteiger partial charge in [0.2, 0.25) is 0 Å². The lowest BCUT2D eigenvalue weighted by molar-refractivity contribution is 0.519. The molecule has 0 spiro atoms. The van der Waals surface area contributed by atoms with Crippen LogP contribution in [0.4, 0.5) is 0 Å². The predicted octanol–water partition coefficient (Wildman–Crippen LogP) is 1.49.